The van der Waals surface area contributed by atoms with Crippen molar-refractivity contribution in [2.75, 3.05) is 5.32 Å². The predicted octanol–water partition coefficient (Wildman–Crippen LogP) is 4.19. The lowest BCUT2D eigenvalue weighted by Gasteiger charge is -2.15. The van der Waals surface area contributed by atoms with E-state index in [1.807, 2.05) is 22.6 Å². The summed E-state index contributed by atoms with van der Waals surface area (Å²) in [5.74, 6) is -2.26. The third-order valence-corrected chi connectivity index (χ3v) is 6.19. The van der Waals surface area contributed by atoms with E-state index < -0.39 is 22.9 Å². The van der Waals surface area contributed by atoms with Crippen molar-refractivity contribution in [3.63, 3.8) is 0 Å². The Morgan fingerprint density at radius 1 is 1.19 bits per heavy atom. The number of hydrogen-bond donors (Lipinski definition) is 1. The molecule has 0 aliphatic carbocycles. The fourth-order valence-corrected chi connectivity index (χ4v) is 4.86. The van der Waals surface area contributed by atoms with Crippen LogP contribution < -0.4 is 5.32 Å². The quantitative estimate of drug-likeness (QED) is 0.306. The molecule has 0 saturated carbocycles. The lowest BCUT2D eigenvalue weighted by atomic mass is 9.88. The minimum Gasteiger partial charge on any atom is -0.310 e. The number of carbonyl (C=O) groups is 1. The molecule has 5 rings (SSSR count). The number of aromatic nitrogens is 5. The van der Waals surface area contributed by atoms with Gasteiger partial charge in [0.15, 0.2) is 23.1 Å². The molecule has 1 aliphatic heterocycles. The molecular formula is C21H14F3IN6O. The minimum atomic E-state index is -0.993. The molecule has 0 bridgehead atoms. The van der Waals surface area contributed by atoms with E-state index >= 15 is 0 Å². The van der Waals surface area contributed by atoms with Gasteiger partial charge >= 0.3 is 0 Å². The fraction of sp³-hybridized carbons (Fsp3) is 0.190. The second kappa shape index (κ2) is 7.22. The summed E-state index contributed by atoms with van der Waals surface area (Å²) in [6.07, 6.45) is 1.02. The zero-order valence-corrected chi connectivity index (χ0v) is 18.9. The van der Waals surface area contributed by atoms with E-state index in [9.17, 15) is 18.0 Å². The highest BCUT2D eigenvalue weighted by Crippen LogP contribution is 2.40. The van der Waals surface area contributed by atoms with Gasteiger partial charge in [0, 0.05) is 11.1 Å². The van der Waals surface area contributed by atoms with Gasteiger partial charge in [-0.1, -0.05) is 12.1 Å². The highest BCUT2D eigenvalue weighted by molar-refractivity contribution is 14.1. The van der Waals surface area contributed by atoms with Gasteiger partial charge in [0.1, 0.15) is 21.0 Å². The smallest absolute Gasteiger partial charge is 0.235 e. The standard InChI is InChI=1S/C21H14F3IN6O/c1-21(2)13-16(25)27-18(28-17(13)29-20(21)32)15-11-6-10(22)7-26-19(11)31(30-15)8-9-4-3-5-12(23)14(9)24/h3-7H,8H2,1-2H3,(H,27,28,29,32). The maximum Gasteiger partial charge on any atom is 0.235 e. The number of amides is 1. The van der Waals surface area contributed by atoms with E-state index in [2.05, 4.69) is 25.4 Å². The Hall–Kier alpha value is -3.09. The van der Waals surface area contributed by atoms with E-state index in [0.29, 0.717) is 20.5 Å². The summed E-state index contributed by atoms with van der Waals surface area (Å²) in [5.41, 5.74) is 0.401. The van der Waals surface area contributed by atoms with Crippen LogP contribution in [0.5, 0.6) is 0 Å². The summed E-state index contributed by atoms with van der Waals surface area (Å²) in [5, 5.41) is 7.50. The number of nitrogens with one attached hydrogen (secondary N) is 1. The number of pyridine rings is 1. The molecule has 32 heavy (non-hydrogen) atoms. The number of anilines is 1. The third kappa shape index (κ3) is 3.14. The lowest BCUT2D eigenvalue weighted by Crippen LogP contribution is -2.27. The largest absolute Gasteiger partial charge is 0.310 e. The highest BCUT2D eigenvalue weighted by Gasteiger charge is 2.42. The molecule has 4 heterocycles. The van der Waals surface area contributed by atoms with Crippen LogP contribution in [0.4, 0.5) is 19.0 Å². The summed E-state index contributed by atoms with van der Waals surface area (Å²) in [6, 6.07) is 5.08. The summed E-state index contributed by atoms with van der Waals surface area (Å²) in [7, 11) is 0. The number of benzene rings is 1. The van der Waals surface area contributed by atoms with Gasteiger partial charge in [-0.15, -0.1) is 0 Å². The monoisotopic (exact) mass is 550 g/mol. The molecule has 7 nitrogen and oxygen atoms in total. The molecule has 0 saturated heterocycles. The van der Waals surface area contributed by atoms with E-state index in [0.717, 1.165) is 12.3 Å². The van der Waals surface area contributed by atoms with Gasteiger partial charge in [-0.2, -0.15) is 5.10 Å². The molecule has 11 heteroatoms. The van der Waals surface area contributed by atoms with Crippen molar-refractivity contribution in [3.8, 4) is 11.5 Å². The summed E-state index contributed by atoms with van der Waals surface area (Å²) < 4.78 is 43.8. The second-order valence-electron chi connectivity index (χ2n) is 7.88. The van der Waals surface area contributed by atoms with E-state index in [1.165, 1.54) is 22.9 Å². The SMILES string of the molecule is CC1(C)C(=O)Nc2nc(-c3nn(Cc4cccc(F)c4F)c4ncc(F)cc34)nc(I)c21. The molecule has 1 amide bonds. The maximum atomic E-state index is 14.2. The molecule has 1 aliphatic rings. The predicted molar refractivity (Wildman–Crippen MR) is 118 cm³/mol. The third-order valence-electron chi connectivity index (χ3n) is 5.41. The number of rotatable bonds is 3. The van der Waals surface area contributed by atoms with Crippen LogP contribution >= 0.6 is 22.6 Å². The second-order valence-corrected chi connectivity index (χ2v) is 8.91. The van der Waals surface area contributed by atoms with Crippen molar-refractivity contribution in [3.05, 3.63) is 62.7 Å². The Balaban J connectivity index is 1.69. The molecule has 3 aromatic heterocycles. The van der Waals surface area contributed by atoms with Gasteiger partial charge in [0.2, 0.25) is 5.91 Å². The first-order valence-electron chi connectivity index (χ1n) is 9.51. The summed E-state index contributed by atoms with van der Waals surface area (Å²) >= 11 is 2.02. The number of carbonyl (C=O) groups excluding carboxylic acids is 1. The van der Waals surface area contributed by atoms with Gasteiger partial charge in [-0.25, -0.2) is 32.8 Å². The van der Waals surface area contributed by atoms with Crippen LogP contribution in [0, 0.1) is 21.2 Å². The molecule has 0 fully saturated rings. The zero-order chi connectivity index (χ0) is 22.8. The van der Waals surface area contributed by atoms with Crippen molar-refractivity contribution >= 4 is 45.3 Å². The highest BCUT2D eigenvalue weighted by atomic mass is 127. The molecule has 1 aromatic carbocycles. The number of halogens is 4. The normalized spacial score (nSPS) is 14.6. The number of hydrogen-bond acceptors (Lipinski definition) is 5. The first-order chi connectivity index (χ1) is 15.2. The molecule has 1 N–H and O–H groups in total. The molecule has 0 atom stereocenters. The van der Waals surface area contributed by atoms with Crippen LogP contribution in [0.1, 0.15) is 25.0 Å². The van der Waals surface area contributed by atoms with E-state index in [4.69, 9.17) is 0 Å². The molecule has 0 unspecified atom stereocenters. The van der Waals surface area contributed by atoms with Crippen LogP contribution in [-0.4, -0.2) is 30.6 Å². The van der Waals surface area contributed by atoms with Gasteiger partial charge in [0.25, 0.3) is 0 Å². The van der Waals surface area contributed by atoms with E-state index in [-0.39, 0.29) is 35.2 Å². The van der Waals surface area contributed by atoms with Crippen molar-refractivity contribution < 1.29 is 18.0 Å². The molecule has 0 spiro atoms. The van der Waals surface area contributed by atoms with Crippen molar-refractivity contribution in [2.24, 2.45) is 0 Å². The van der Waals surface area contributed by atoms with Gasteiger partial charge in [-0.05, 0) is 48.6 Å². The maximum absolute atomic E-state index is 14.2. The number of fused-ring (bicyclic) bond motifs is 2. The van der Waals surface area contributed by atoms with Crippen molar-refractivity contribution in [1.82, 2.24) is 24.7 Å². The molecule has 162 valence electrons. The van der Waals surface area contributed by atoms with Gasteiger partial charge in [-0.3, -0.25) is 4.79 Å². The summed E-state index contributed by atoms with van der Waals surface area (Å²) in [4.78, 5) is 25.4. The van der Waals surface area contributed by atoms with Crippen molar-refractivity contribution in [2.45, 2.75) is 25.8 Å². The average molecular weight is 550 g/mol. The molecule has 0 radical (unpaired) electrons. The van der Waals surface area contributed by atoms with Crippen LogP contribution in [0.25, 0.3) is 22.6 Å². The van der Waals surface area contributed by atoms with Gasteiger partial charge in [0.05, 0.1) is 23.5 Å². The zero-order valence-electron chi connectivity index (χ0n) is 16.8. The Bertz CT molecular complexity index is 1440. The Labute approximate surface area is 193 Å². The Morgan fingerprint density at radius 3 is 2.75 bits per heavy atom. The van der Waals surface area contributed by atoms with Crippen LogP contribution in [0.15, 0.2) is 30.5 Å². The minimum absolute atomic E-state index is 0.0607. The topological polar surface area (TPSA) is 85.6 Å². The molecule has 4 aromatic rings. The van der Waals surface area contributed by atoms with Crippen LogP contribution in [0.3, 0.4) is 0 Å². The first kappa shape index (κ1) is 20.8. The number of nitrogens with zero attached hydrogens (tertiary/aromatic N) is 5. The van der Waals surface area contributed by atoms with E-state index in [1.54, 1.807) is 13.8 Å². The first-order valence-corrected chi connectivity index (χ1v) is 10.6. The molecular weight excluding hydrogens is 536 g/mol. The van der Waals surface area contributed by atoms with Gasteiger partial charge < -0.3 is 5.32 Å². The average Bonchev–Trinajstić information content (AvgIpc) is 3.19. The summed E-state index contributed by atoms with van der Waals surface area (Å²) in [6.45, 7) is 3.41. The van der Waals surface area contributed by atoms with Crippen molar-refractivity contribution in [1.29, 1.82) is 0 Å². The van der Waals surface area contributed by atoms with Crippen LogP contribution in [-0.2, 0) is 16.8 Å². The fourth-order valence-electron chi connectivity index (χ4n) is 3.70. The van der Waals surface area contributed by atoms with Crippen LogP contribution in [0.2, 0.25) is 0 Å². The Kier molecular flexibility index (Phi) is 4.69. The lowest BCUT2D eigenvalue weighted by molar-refractivity contribution is -0.119. The Morgan fingerprint density at radius 2 is 1.97 bits per heavy atom.